The summed E-state index contributed by atoms with van der Waals surface area (Å²) in [5.41, 5.74) is 7.68. The highest BCUT2D eigenvalue weighted by atomic mass is 32.2. The summed E-state index contributed by atoms with van der Waals surface area (Å²) in [5.74, 6) is 1.91. The number of nitrogens with zero attached hydrogens (tertiary/aromatic N) is 1. The van der Waals surface area contributed by atoms with Gasteiger partial charge in [0.15, 0.2) is 0 Å². The van der Waals surface area contributed by atoms with E-state index in [2.05, 4.69) is 11.9 Å². The summed E-state index contributed by atoms with van der Waals surface area (Å²) in [7, 11) is 0. The normalized spacial score (nSPS) is 25.6. The van der Waals surface area contributed by atoms with Crippen LogP contribution in [-0.4, -0.2) is 10.2 Å². The lowest BCUT2D eigenvalue weighted by molar-refractivity contribution is 0.394. The van der Waals surface area contributed by atoms with E-state index in [4.69, 9.17) is 5.73 Å². The van der Waals surface area contributed by atoms with E-state index < -0.39 is 0 Å². The first-order valence-corrected chi connectivity index (χ1v) is 7.11. The van der Waals surface area contributed by atoms with Crippen LogP contribution < -0.4 is 5.73 Å². The van der Waals surface area contributed by atoms with Gasteiger partial charge in [0.1, 0.15) is 0 Å². The highest BCUT2D eigenvalue weighted by molar-refractivity contribution is 7.99. The Morgan fingerprint density at radius 2 is 2.38 bits per heavy atom. The number of hydrogen-bond acceptors (Lipinski definition) is 3. The Labute approximate surface area is 102 Å². The Bertz CT molecular complexity index is 340. The molecular formula is C13H20N2S. The van der Waals surface area contributed by atoms with E-state index in [9.17, 15) is 0 Å². The first-order chi connectivity index (χ1) is 7.74. The van der Waals surface area contributed by atoms with Crippen LogP contribution in [0.1, 0.15) is 38.3 Å². The number of pyridine rings is 1. The van der Waals surface area contributed by atoms with Crippen LogP contribution >= 0.6 is 11.8 Å². The van der Waals surface area contributed by atoms with Gasteiger partial charge in [-0.2, -0.15) is 11.8 Å². The van der Waals surface area contributed by atoms with Gasteiger partial charge in [0.05, 0.1) is 5.69 Å². The summed E-state index contributed by atoms with van der Waals surface area (Å²) < 4.78 is 0. The maximum Gasteiger partial charge on any atom is 0.0523 e. The second-order valence-corrected chi connectivity index (χ2v) is 6.07. The molecule has 16 heavy (non-hydrogen) atoms. The van der Waals surface area contributed by atoms with E-state index in [-0.39, 0.29) is 0 Å². The molecule has 2 atom stereocenters. The molecular weight excluding hydrogens is 216 g/mol. The van der Waals surface area contributed by atoms with E-state index >= 15 is 0 Å². The molecule has 0 aliphatic heterocycles. The van der Waals surface area contributed by atoms with E-state index in [0.29, 0.717) is 0 Å². The molecule has 2 nitrogen and oxygen atoms in total. The molecule has 1 fully saturated rings. The molecule has 1 aromatic heterocycles. The number of hydrogen-bond donors (Lipinski definition) is 1. The van der Waals surface area contributed by atoms with Crippen LogP contribution in [0.3, 0.4) is 0 Å². The molecule has 3 heteroatoms. The average molecular weight is 236 g/mol. The largest absolute Gasteiger partial charge is 0.399 e. The maximum atomic E-state index is 5.74. The van der Waals surface area contributed by atoms with Crippen LogP contribution in [0.2, 0.25) is 0 Å². The minimum Gasteiger partial charge on any atom is -0.399 e. The number of anilines is 1. The molecule has 0 bridgehead atoms. The molecule has 1 heterocycles. The predicted octanol–water partition coefficient (Wildman–Crippen LogP) is 3.48. The molecule has 0 aromatic carbocycles. The van der Waals surface area contributed by atoms with Gasteiger partial charge < -0.3 is 5.73 Å². The minimum atomic E-state index is 0.822. The average Bonchev–Trinajstić information content (AvgIpc) is 2.27. The van der Waals surface area contributed by atoms with E-state index in [1.54, 1.807) is 6.20 Å². The van der Waals surface area contributed by atoms with Crippen molar-refractivity contribution in [1.29, 1.82) is 0 Å². The molecule has 0 radical (unpaired) electrons. The van der Waals surface area contributed by atoms with Crippen molar-refractivity contribution in [2.24, 2.45) is 5.92 Å². The van der Waals surface area contributed by atoms with Crippen LogP contribution in [-0.2, 0) is 5.75 Å². The lowest BCUT2D eigenvalue weighted by Crippen LogP contribution is -2.15. The molecule has 2 N–H and O–H groups in total. The third-order valence-electron chi connectivity index (χ3n) is 3.20. The van der Waals surface area contributed by atoms with Crippen molar-refractivity contribution in [3.8, 4) is 0 Å². The van der Waals surface area contributed by atoms with Crippen LogP contribution in [0.15, 0.2) is 18.3 Å². The lowest BCUT2D eigenvalue weighted by atomic mass is 9.91. The maximum absolute atomic E-state index is 5.74. The van der Waals surface area contributed by atoms with Gasteiger partial charge in [-0.1, -0.05) is 19.8 Å². The number of nitrogen functional groups attached to an aromatic ring is 1. The zero-order chi connectivity index (χ0) is 11.4. The molecule has 1 aliphatic rings. The van der Waals surface area contributed by atoms with Crippen molar-refractivity contribution < 1.29 is 0 Å². The molecule has 0 saturated heterocycles. The third kappa shape index (κ3) is 3.41. The molecule has 88 valence electrons. The smallest absolute Gasteiger partial charge is 0.0523 e. The van der Waals surface area contributed by atoms with Gasteiger partial charge in [-0.15, -0.1) is 0 Å². The monoisotopic (exact) mass is 236 g/mol. The van der Waals surface area contributed by atoms with Crippen molar-refractivity contribution in [1.82, 2.24) is 4.98 Å². The molecule has 0 amide bonds. The fourth-order valence-corrected chi connectivity index (χ4v) is 3.67. The van der Waals surface area contributed by atoms with Gasteiger partial charge in [0, 0.05) is 22.9 Å². The van der Waals surface area contributed by atoms with Crippen molar-refractivity contribution in [2.75, 3.05) is 5.73 Å². The van der Waals surface area contributed by atoms with Gasteiger partial charge in [-0.25, -0.2) is 0 Å². The van der Waals surface area contributed by atoms with E-state index in [1.165, 1.54) is 25.7 Å². The van der Waals surface area contributed by atoms with Gasteiger partial charge in [0.25, 0.3) is 0 Å². The third-order valence-corrected chi connectivity index (χ3v) is 4.56. The standard InChI is InChI=1S/C13H20N2S/c1-10-3-2-4-13(7-10)16-9-12-8-11(14)5-6-15-12/h5-6,8,10,13H,2-4,7,9H2,1H3,(H2,14,15). The van der Waals surface area contributed by atoms with Crippen LogP contribution in [0.25, 0.3) is 0 Å². The zero-order valence-electron chi connectivity index (χ0n) is 9.86. The Morgan fingerprint density at radius 1 is 1.50 bits per heavy atom. The van der Waals surface area contributed by atoms with Gasteiger partial charge in [-0.3, -0.25) is 4.98 Å². The molecule has 0 spiro atoms. The first-order valence-electron chi connectivity index (χ1n) is 6.06. The summed E-state index contributed by atoms with van der Waals surface area (Å²) in [5, 5.41) is 0.826. The minimum absolute atomic E-state index is 0.822. The summed E-state index contributed by atoms with van der Waals surface area (Å²) in [6, 6.07) is 3.83. The fourth-order valence-electron chi connectivity index (χ4n) is 2.31. The van der Waals surface area contributed by atoms with Gasteiger partial charge >= 0.3 is 0 Å². The molecule has 2 unspecified atom stereocenters. The molecule has 1 aliphatic carbocycles. The Morgan fingerprint density at radius 3 is 3.12 bits per heavy atom. The summed E-state index contributed by atoms with van der Waals surface area (Å²) >= 11 is 2.04. The van der Waals surface area contributed by atoms with E-state index in [1.807, 2.05) is 23.9 Å². The summed E-state index contributed by atoms with van der Waals surface area (Å²) in [4.78, 5) is 4.34. The highest BCUT2D eigenvalue weighted by Gasteiger charge is 2.19. The van der Waals surface area contributed by atoms with E-state index in [0.717, 1.165) is 28.3 Å². The Balaban J connectivity index is 1.82. The molecule has 1 saturated carbocycles. The fraction of sp³-hybridized carbons (Fsp3) is 0.615. The van der Waals surface area contributed by atoms with Crippen molar-refractivity contribution >= 4 is 17.4 Å². The topological polar surface area (TPSA) is 38.9 Å². The second-order valence-electron chi connectivity index (χ2n) is 4.79. The predicted molar refractivity (Wildman–Crippen MR) is 71.4 cm³/mol. The second kappa shape index (κ2) is 5.58. The molecule has 1 aromatic rings. The van der Waals surface area contributed by atoms with Crippen molar-refractivity contribution in [3.63, 3.8) is 0 Å². The van der Waals surface area contributed by atoms with Crippen molar-refractivity contribution in [3.05, 3.63) is 24.0 Å². The summed E-state index contributed by atoms with van der Waals surface area (Å²) in [6.07, 6.45) is 7.34. The summed E-state index contributed by atoms with van der Waals surface area (Å²) in [6.45, 7) is 2.37. The van der Waals surface area contributed by atoms with Gasteiger partial charge in [0.2, 0.25) is 0 Å². The van der Waals surface area contributed by atoms with Crippen LogP contribution in [0.5, 0.6) is 0 Å². The van der Waals surface area contributed by atoms with Gasteiger partial charge in [-0.05, 0) is 30.9 Å². The quantitative estimate of drug-likeness (QED) is 0.873. The Kier molecular flexibility index (Phi) is 4.10. The zero-order valence-corrected chi connectivity index (χ0v) is 10.7. The van der Waals surface area contributed by atoms with Crippen LogP contribution in [0.4, 0.5) is 5.69 Å². The number of thioether (sulfide) groups is 1. The number of rotatable bonds is 3. The molecule has 2 rings (SSSR count). The SMILES string of the molecule is CC1CCCC(SCc2cc(N)ccn2)C1. The number of aromatic nitrogens is 1. The van der Waals surface area contributed by atoms with Crippen LogP contribution in [0, 0.1) is 5.92 Å². The highest BCUT2D eigenvalue weighted by Crippen LogP contribution is 2.33. The lowest BCUT2D eigenvalue weighted by Gasteiger charge is -2.26. The van der Waals surface area contributed by atoms with Crippen molar-refractivity contribution in [2.45, 2.75) is 43.6 Å². The first kappa shape index (κ1) is 11.8. The number of nitrogens with two attached hydrogens (primary N) is 1. The Hall–Kier alpha value is -0.700.